The van der Waals surface area contributed by atoms with Crippen LogP contribution in [-0.2, 0) is 28.6 Å². The molecule has 0 N–H and O–H groups in total. The third kappa shape index (κ3) is 59.1. The highest BCUT2D eigenvalue weighted by Crippen LogP contribution is 2.16. The molecule has 418 valence electrons. The van der Waals surface area contributed by atoms with Crippen molar-refractivity contribution in [2.45, 2.75) is 297 Å². The van der Waals surface area contributed by atoms with Crippen molar-refractivity contribution < 1.29 is 28.6 Å². The summed E-state index contributed by atoms with van der Waals surface area (Å²) in [7, 11) is 0. The lowest BCUT2D eigenvalue weighted by atomic mass is 10.0. The zero-order valence-corrected chi connectivity index (χ0v) is 47.9. The predicted octanol–water partition coefficient (Wildman–Crippen LogP) is 20.9. The second kappa shape index (κ2) is 60.9. The Morgan fingerprint density at radius 3 is 0.836 bits per heavy atom. The molecule has 0 bridgehead atoms. The first-order chi connectivity index (χ1) is 36.0. The average molecular weight is 1020 g/mol. The fourth-order valence-electron chi connectivity index (χ4n) is 8.54. The van der Waals surface area contributed by atoms with E-state index in [0.29, 0.717) is 19.3 Å². The molecule has 0 aromatic rings. The molecule has 0 amide bonds. The third-order valence-corrected chi connectivity index (χ3v) is 13.1. The highest BCUT2D eigenvalue weighted by Gasteiger charge is 2.19. The summed E-state index contributed by atoms with van der Waals surface area (Å²) >= 11 is 0. The van der Waals surface area contributed by atoms with Gasteiger partial charge in [0.25, 0.3) is 0 Å². The molecular formula is C67H114O6. The van der Waals surface area contributed by atoms with E-state index in [-0.39, 0.29) is 31.1 Å². The van der Waals surface area contributed by atoms with Crippen LogP contribution < -0.4 is 0 Å². The van der Waals surface area contributed by atoms with Gasteiger partial charge in [-0.3, -0.25) is 14.4 Å². The van der Waals surface area contributed by atoms with E-state index in [2.05, 4.69) is 118 Å². The summed E-state index contributed by atoms with van der Waals surface area (Å²) in [6.07, 6.45) is 81.2. The number of hydrogen-bond donors (Lipinski definition) is 0. The molecule has 0 aliphatic rings. The molecule has 0 aliphatic heterocycles. The predicted molar refractivity (Wildman–Crippen MR) is 316 cm³/mol. The van der Waals surface area contributed by atoms with Crippen molar-refractivity contribution in [1.82, 2.24) is 0 Å². The standard InChI is InChI=1S/C67H114O6/c1-4-7-10-13-16-19-22-25-28-30-32-33-35-36-39-42-45-48-51-54-57-60-66(69)72-63-64(62-71-65(68)59-56-53-50-47-44-41-38-27-24-21-18-15-12-9-6-3)73-67(70)61-58-55-52-49-46-43-40-37-34-31-29-26-23-20-17-14-11-8-5-2/h7,9-10,12,16,18-19,21,25,27-28,32-33,36,38-39,64H,4-6,8,11,13-15,17,20,22-24,26,29-31,34-35,37,40-63H2,1-3H3/b10-7-,12-9-,19-16-,21-18-,28-25-,33-32-,38-27-,39-36-. The lowest BCUT2D eigenvalue weighted by Gasteiger charge is -2.18. The molecule has 1 unspecified atom stereocenters. The first kappa shape index (κ1) is 69.3. The van der Waals surface area contributed by atoms with Crippen molar-refractivity contribution in [2.24, 2.45) is 0 Å². The Kier molecular flexibility index (Phi) is 57.8. The van der Waals surface area contributed by atoms with Crippen LogP contribution in [0.2, 0.25) is 0 Å². The molecule has 6 heteroatoms. The summed E-state index contributed by atoms with van der Waals surface area (Å²) in [6.45, 7) is 6.41. The highest BCUT2D eigenvalue weighted by atomic mass is 16.6. The fraction of sp³-hybridized carbons (Fsp3) is 0.716. The second-order valence-electron chi connectivity index (χ2n) is 20.2. The normalized spacial score (nSPS) is 12.8. The number of rotatable bonds is 55. The van der Waals surface area contributed by atoms with Crippen molar-refractivity contribution in [1.29, 1.82) is 0 Å². The molecule has 0 aromatic carbocycles. The average Bonchev–Trinajstić information content (AvgIpc) is 3.39. The molecule has 1 atom stereocenters. The van der Waals surface area contributed by atoms with Gasteiger partial charge < -0.3 is 14.2 Å². The lowest BCUT2D eigenvalue weighted by Crippen LogP contribution is -2.30. The van der Waals surface area contributed by atoms with Gasteiger partial charge in [0.1, 0.15) is 13.2 Å². The minimum Gasteiger partial charge on any atom is -0.462 e. The topological polar surface area (TPSA) is 78.9 Å². The third-order valence-electron chi connectivity index (χ3n) is 13.1. The van der Waals surface area contributed by atoms with Crippen molar-refractivity contribution in [3.8, 4) is 0 Å². The smallest absolute Gasteiger partial charge is 0.306 e. The van der Waals surface area contributed by atoms with Gasteiger partial charge in [-0.15, -0.1) is 0 Å². The Hall–Kier alpha value is -3.67. The minimum atomic E-state index is -0.793. The number of carbonyl (C=O) groups excluding carboxylic acids is 3. The molecule has 0 spiro atoms. The Bertz CT molecular complexity index is 1440. The summed E-state index contributed by atoms with van der Waals surface area (Å²) < 4.78 is 16.9. The Labute approximate surface area is 451 Å². The monoisotopic (exact) mass is 1010 g/mol. The number of carbonyl (C=O) groups is 3. The molecule has 0 heterocycles. The first-order valence-electron chi connectivity index (χ1n) is 30.7. The summed E-state index contributed by atoms with van der Waals surface area (Å²) in [4.78, 5) is 38.3. The Balaban J connectivity index is 4.42. The van der Waals surface area contributed by atoms with Gasteiger partial charge in [0, 0.05) is 19.3 Å². The van der Waals surface area contributed by atoms with E-state index in [0.717, 1.165) is 148 Å². The molecule has 6 nitrogen and oxygen atoms in total. The van der Waals surface area contributed by atoms with E-state index < -0.39 is 6.10 Å². The maximum atomic E-state index is 12.9. The van der Waals surface area contributed by atoms with Crippen LogP contribution in [0.4, 0.5) is 0 Å². The summed E-state index contributed by atoms with van der Waals surface area (Å²) in [5, 5.41) is 0. The van der Waals surface area contributed by atoms with Crippen LogP contribution in [0.3, 0.4) is 0 Å². The number of ether oxygens (including phenoxy) is 3. The molecule has 0 aliphatic carbocycles. The maximum absolute atomic E-state index is 12.9. The van der Waals surface area contributed by atoms with Crippen LogP contribution in [0.5, 0.6) is 0 Å². The fourth-order valence-corrected chi connectivity index (χ4v) is 8.54. The Morgan fingerprint density at radius 1 is 0.288 bits per heavy atom. The highest BCUT2D eigenvalue weighted by molar-refractivity contribution is 5.71. The second-order valence-corrected chi connectivity index (χ2v) is 20.2. The van der Waals surface area contributed by atoms with E-state index in [9.17, 15) is 14.4 Å². The van der Waals surface area contributed by atoms with Crippen molar-refractivity contribution in [3.05, 3.63) is 97.2 Å². The number of hydrogen-bond acceptors (Lipinski definition) is 6. The maximum Gasteiger partial charge on any atom is 0.306 e. The van der Waals surface area contributed by atoms with Crippen molar-refractivity contribution >= 4 is 17.9 Å². The van der Waals surface area contributed by atoms with Gasteiger partial charge in [-0.2, -0.15) is 0 Å². The molecular weight excluding hydrogens is 901 g/mol. The SMILES string of the molecule is CC/C=C\C/C=C\C/C=C\C/C=C\C/C=C\CCCCCCCC(=O)OCC(COC(=O)CCCCCCC/C=C\C/C=C\C/C=C\CC)OC(=O)CCCCCCCCCCCCCCCCCCCCC. The van der Waals surface area contributed by atoms with Crippen LogP contribution >= 0.6 is 0 Å². The van der Waals surface area contributed by atoms with Gasteiger partial charge in [0.05, 0.1) is 0 Å². The zero-order chi connectivity index (χ0) is 52.9. The van der Waals surface area contributed by atoms with E-state index in [1.807, 2.05) is 0 Å². The molecule has 0 fully saturated rings. The quantitative estimate of drug-likeness (QED) is 0.0261. The van der Waals surface area contributed by atoms with Gasteiger partial charge >= 0.3 is 17.9 Å². The van der Waals surface area contributed by atoms with Crippen LogP contribution in [0, 0.1) is 0 Å². The molecule has 0 radical (unpaired) electrons. The van der Waals surface area contributed by atoms with Gasteiger partial charge in [-0.05, 0) is 96.3 Å². The summed E-state index contributed by atoms with van der Waals surface area (Å²) in [5.41, 5.74) is 0. The number of esters is 3. The van der Waals surface area contributed by atoms with E-state index >= 15 is 0 Å². The van der Waals surface area contributed by atoms with Crippen LogP contribution in [-0.4, -0.2) is 37.2 Å². The lowest BCUT2D eigenvalue weighted by molar-refractivity contribution is -0.167. The van der Waals surface area contributed by atoms with E-state index in [1.54, 1.807) is 0 Å². The van der Waals surface area contributed by atoms with Crippen LogP contribution in [0.1, 0.15) is 290 Å². The molecule has 0 saturated heterocycles. The molecule has 73 heavy (non-hydrogen) atoms. The van der Waals surface area contributed by atoms with Crippen LogP contribution in [0.15, 0.2) is 97.2 Å². The molecule has 0 aromatic heterocycles. The first-order valence-corrected chi connectivity index (χ1v) is 30.7. The van der Waals surface area contributed by atoms with Gasteiger partial charge in [0.15, 0.2) is 6.10 Å². The molecule has 0 rings (SSSR count). The molecule has 0 saturated carbocycles. The van der Waals surface area contributed by atoms with E-state index in [4.69, 9.17) is 14.2 Å². The van der Waals surface area contributed by atoms with Crippen LogP contribution in [0.25, 0.3) is 0 Å². The van der Waals surface area contributed by atoms with Gasteiger partial charge in [0.2, 0.25) is 0 Å². The Morgan fingerprint density at radius 2 is 0.534 bits per heavy atom. The van der Waals surface area contributed by atoms with Gasteiger partial charge in [-0.25, -0.2) is 0 Å². The zero-order valence-electron chi connectivity index (χ0n) is 47.9. The van der Waals surface area contributed by atoms with E-state index in [1.165, 1.54) is 103 Å². The largest absolute Gasteiger partial charge is 0.462 e. The number of unbranched alkanes of at least 4 members (excludes halogenated alkanes) is 28. The number of allylic oxidation sites excluding steroid dienone is 16. The van der Waals surface area contributed by atoms with Crippen molar-refractivity contribution in [2.75, 3.05) is 13.2 Å². The summed E-state index contributed by atoms with van der Waals surface area (Å²) in [6, 6.07) is 0. The minimum absolute atomic E-state index is 0.0914. The van der Waals surface area contributed by atoms with Gasteiger partial charge in [-0.1, -0.05) is 272 Å². The summed E-state index contributed by atoms with van der Waals surface area (Å²) in [5.74, 6) is -0.916. The van der Waals surface area contributed by atoms with Crippen molar-refractivity contribution in [3.63, 3.8) is 0 Å².